The maximum Gasteiger partial charge on any atom is 0.255 e. The molecule has 3 heterocycles. The number of hydrogen-bond acceptors (Lipinski definition) is 6. The summed E-state index contributed by atoms with van der Waals surface area (Å²) in [5, 5.41) is 8.13. The molecule has 0 aliphatic carbocycles. The minimum Gasteiger partial charge on any atom is -0.383 e. The van der Waals surface area contributed by atoms with Gasteiger partial charge >= 0.3 is 0 Å². The third-order valence-corrected chi connectivity index (χ3v) is 6.63. The van der Waals surface area contributed by atoms with Crippen molar-refractivity contribution in [2.24, 2.45) is 5.73 Å². The highest BCUT2D eigenvalue weighted by Gasteiger charge is 2.37. The number of rotatable bonds is 7. The standard InChI is InChI=1S/C25H28ClN7O3/c1-5-22(34)32-12-16(10-17(32)13-36-4)33-25(28-3)23(24(27)35)19(30-33)8-7-15-9-20-21(11-18(15)26)31(6-2)14-29-20/h5,9,11,14,16-17,28H,1,6,10,12-13H2,2-4H3,(H2,27,35)/t16-,17+/m0/s1. The second-order valence-electron chi connectivity index (χ2n) is 8.43. The van der Waals surface area contributed by atoms with E-state index in [9.17, 15) is 9.59 Å². The molecule has 1 aliphatic rings. The van der Waals surface area contributed by atoms with E-state index in [0.29, 0.717) is 36.0 Å². The molecular formula is C25H28ClN7O3. The summed E-state index contributed by atoms with van der Waals surface area (Å²) in [6.07, 6.45) is 3.61. The lowest BCUT2D eigenvalue weighted by molar-refractivity contribution is -0.127. The van der Waals surface area contributed by atoms with Crippen LogP contribution < -0.4 is 11.1 Å². The number of amides is 2. The van der Waals surface area contributed by atoms with Gasteiger partial charge in [-0.15, -0.1) is 0 Å². The summed E-state index contributed by atoms with van der Waals surface area (Å²) in [5.74, 6) is 5.58. The predicted molar refractivity (Wildman–Crippen MR) is 138 cm³/mol. The van der Waals surface area contributed by atoms with Crippen molar-refractivity contribution in [2.75, 3.05) is 32.6 Å². The van der Waals surface area contributed by atoms with Gasteiger partial charge in [-0.25, -0.2) is 9.67 Å². The Hall–Kier alpha value is -3.81. The Kier molecular flexibility index (Phi) is 7.33. The van der Waals surface area contributed by atoms with E-state index in [1.807, 2.05) is 23.6 Å². The third kappa shape index (κ3) is 4.55. The molecule has 1 fully saturated rings. The van der Waals surface area contributed by atoms with Crippen molar-refractivity contribution in [1.29, 1.82) is 0 Å². The number of hydrogen-bond donors (Lipinski definition) is 2. The molecule has 36 heavy (non-hydrogen) atoms. The van der Waals surface area contributed by atoms with Crippen LogP contribution in [0.2, 0.25) is 5.02 Å². The van der Waals surface area contributed by atoms with Gasteiger partial charge in [0.15, 0.2) is 5.69 Å². The summed E-state index contributed by atoms with van der Waals surface area (Å²) in [7, 11) is 3.27. The number of halogens is 1. The number of carbonyl (C=O) groups excluding carboxylic acids is 2. The van der Waals surface area contributed by atoms with Gasteiger partial charge in [0, 0.05) is 32.8 Å². The quantitative estimate of drug-likeness (QED) is 0.373. The Balaban J connectivity index is 1.75. The zero-order chi connectivity index (χ0) is 26.0. The van der Waals surface area contributed by atoms with Crippen LogP contribution in [0.25, 0.3) is 11.0 Å². The van der Waals surface area contributed by atoms with Gasteiger partial charge in [0.05, 0.1) is 41.1 Å². The number of aryl methyl sites for hydroxylation is 1. The number of ether oxygens (including phenoxy) is 1. The molecular weight excluding hydrogens is 482 g/mol. The first-order valence-electron chi connectivity index (χ1n) is 11.5. The van der Waals surface area contributed by atoms with E-state index in [2.05, 4.69) is 33.8 Å². The molecule has 3 aromatic rings. The molecule has 4 rings (SSSR count). The number of benzene rings is 1. The number of nitrogens with two attached hydrogens (primary N) is 1. The van der Waals surface area contributed by atoms with Crippen LogP contribution in [0.15, 0.2) is 31.1 Å². The highest BCUT2D eigenvalue weighted by molar-refractivity contribution is 6.32. The summed E-state index contributed by atoms with van der Waals surface area (Å²) in [4.78, 5) is 30.9. The number of primary amides is 1. The molecule has 2 amide bonds. The Bertz CT molecular complexity index is 1400. The van der Waals surface area contributed by atoms with E-state index in [-0.39, 0.29) is 29.2 Å². The summed E-state index contributed by atoms with van der Waals surface area (Å²) in [6.45, 7) is 7.14. The fourth-order valence-corrected chi connectivity index (χ4v) is 4.82. The molecule has 0 saturated carbocycles. The second kappa shape index (κ2) is 10.4. The fourth-order valence-electron chi connectivity index (χ4n) is 4.62. The van der Waals surface area contributed by atoms with Crippen molar-refractivity contribution in [2.45, 2.75) is 32.0 Å². The smallest absolute Gasteiger partial charge is 0.255 e. The molecule has 3 N–H and O–H groups in total. The van der Waals surface area contributed by atoms with Crippen molar-refractivity contribution < 1.29 is 14.3 Å². The molecule has 0 radical (unpaired) electrons. The Morgan fingerprint density at radius 1 is 1.39 bits per heavy atom. The summed E-state index contributed by atoms with van der Waals surface area (Å²) in [6, 6.07) is 3.26. The monoisotopic (exact) mass is 509 g/mol. The lowest BCUT2D eigenvalue weighted by atomic mass is 10.1. The topological polar surface area (TPSA) is 120 Å². The molecule has 2 atom stereocenters. The molecule has 11 heteroatoms. The van der Waals surface area contributed by atoms with Crippen LogP contribution in [-0.2, 0) is 16.1 Å². The highest BCUT2D eigenvalue weighted by atomic mass is 35.5. The van der Waals surface area contributed by atoms with Crippen LogP contribution in [0.3, 0.4) is 0 Å². The average molecular weight is 510 g/mol. The first kappa shape index (κ1) is 25.3. The molecule has 1 aromatic carbocycles. The number of carbonyl (C=O) groups is 2. The summed E-state index contributed by atoms with van der Waals surface area (Å²) >= 11 is 6.50. The average Bonchev–Trinajstić information content (AvgIpc) is 3.56. The number of fused-ring (bicyclic) bond motifs is 1. The van der Waals surface area contributed by atoms with E-state index in [4.69, 9.17) is 22.1 Å². The van der Waals surface area contributed by atoms with E-state index in [1.54, 1.807) is 30.1 Å². The van der Waals surface area contributed by atoms with Crippen LogP contribution in [-0.4, -0.2) is 69.4 Å². The number of nitrogens with zero attached hydrogens (tertiary/aromatic N) is 5. The van der Waals surface area contributed by atoms with Crippen LogP contribution in [0, 0.1) is 11.8 Å². The molecule has 0 spiro atoms. The zero-order valence-electron chi connectivity index (χ0n) is 20.4. The Morgan fingerprint density at radius 3 is 2.81 bits per heavy atom. The van der Waals surface area contributed by atoms with Gasteiger partial charge in [-0.2, -0.15) is 5.10 Å². The van der Waals surface area contributed by atoms with Gasteiger partial charge in [0.2, 0.25) is 5.91 Å². The number of nitrogens with one attached hydrogen (secondary N) is 1. The maximum atomic E-state index is 12.4. The molecule has 0 bridgehead atoms. The lowest BCUT2D eigenvalue weighted by Gasteiger charge is -2.22. The molecule has 0 unspecified atom stereocenters. The van der Waals surface area contributed by atoms with Crippen molar-refractivity contribution in [1.82, 2.24) is 24.2 Å². The first-order chi connectivity index (χ1) is 17.3. The van der Waals surface area contributed by atoms with Crippen molar-refractivity contribution in [3.05, 3.63) is 53.0 Å². The van der Waals surface area contributed by atoms with Crippen LogP contribution >= 0.6 is 11.6 Å². The largest absolute Gasteiger partial charge is 0.383 e. The van der Waals surface area contributed by atoms with Crippen LogP contribution in [0.5, 0.6) is 0 Å². The molecule has 2 aromatic heterocycles. The zero-order valence-corrected chi connectivity index (χ0v) is 21.2. The highest BCUT2D eigenvalue weighted by Crippen LogP contribution is 2.32. The van der Waals surface area contributed by atoms with Crippen molar-refractivity contribution >= 4 is 40.3 Å². The molecule has 188 valence electrons. The number of imidazole rings is 1. The first-order valence-corrected chi connectivity index (χ1v) is 11.9. The number of methoxy groups -OCH3 is 1. The minimum atomic E-state index is -0.663. The molecule has 10 nitrogen and oxygen atoms in total. The van der Waals surface area contributed by atoms with Gasteiger partial charge in [0.1, 0.15) is 11.4 Å². The summed E-state index contributed by atoms with van der Waals surface area (Å²) < 4.78 is 8.97. The van der Waals surface area contributed by atoms with Gasteiger partial charge < -0.3 is 25.3 Å². The predicted octanol–water partition coefficient (Wildman–Crippen LogP) is 2.42. The molecule has 1 aliphatic heterocycles. The van der Waals surface area contributed by atoms with E-state index >= 15 is 0 Å². The minimum absolute atomic E-state index is 0.153. The Morgan fingerprint density at radius 2 is 2.17 bits per heavy atom. The number of anilines is 1. The van der Waals surface area contributed by atoms with Gasteiger partial charge in [0.25, 0.3) is 5.91 Å². The van der Waals surface area contributed by atoms with Crippen molar-refractivity contribution in [3.8, 4) is 11.8 Å². The van der Waals surface area contributed by atoms with E-state index in [1.165, 1.54) is 6.08 Å². The third-order valence-electron chi connectivity index (χ3n) is 6.31. The number of likely N-dealkylation sites (tertiary alicyclic amines) is 1. The van der Waals surface area contributed by atoms with Gasteiger partial charge in [-0.05, 0) is 37.5 Å². The Labute approximate surface area is 214 Å². The normalized spacial score (nSPS) is 17.2. The number of aromatic nitrogens is 4. The van der Waals surface area contributed by atoms with Crippen LogP contribution in [0.1, 0.15) is 41.0 Å². The lowest BCUT2D eigenvalue weighted by Crippen LogP contribution is -2.37. The van der Waals surface area contributed by atoms with Crippen molar-refractivity contribution in [3.63, 3.8) is 0 Å². The van der Waals surface area contributed by atoms with Crippen LogP contribution in [0.4, 0.5) is 5.82 Å². The summed E-state index contributed by atoms with van der Waals surface area (Å²) in [5.41, 5.74) is 8.37. The fraction of sp³-hybridized carbons (Fsp3) is 0.360. The SMILES string of the molecule is C=CC(=O)N1C[C@@H](n2nc(C#Cc3cc4ncn(CC)c4cc3Cl)c(C(N)=O)c2NC)C[C@@H]1COC. The molecule has 1 saturated heterocycles. The maximum absolute atomic E-state index is 12.4. The van der Waals surface area contributed by atoms with E-state index in [0.717, 1.165) is 17.6 Å². The second-order valence-corrected chi connectivity index (χ2v) is 8.83. The van der Waals surface area contributed by atoms with Gasteiger partial charge in [-0.3, -0.25) is 9.59 Å². The van der Waals surface area contributed by atoms with Gasteiger partial charge in [-0.1, -0.05) is 24.1 Å². The van der Waals surface area contributed by atoms with E-state index < -0.39 is 5.91 Å².